The first-order chi connectivity index (χ1) is 14.1. The average molecular weight is 409 g/mol. The molecule has 1 amide bonds. The molecule has 0 aliphatic carbocycles. The summed E-state index contributed by atoms with van der Waals surface area (Å²) >= 11 is 1.31. The predicted octanol–water partition coefficient (Wildman–Crippen LogP) is 3.66. The Kier molecular flexibility index (Phi) is 5.67. The number of amides is 1. The molecule has 7 heteroatoms. The van der Waals surface area contributed by atoms with Crippen molar-refractivity contribution >= 4 is 28.6 Å². The first-order valence-electron chi connectivity index (χ1n) is 9.92. The molecule has 2 aromatic heterocycles. The van der Waals surface area contributed by atoms with Crippen molar-refractivity contribution in [1.29, 1.82) is 0 Å². The largest absolute Gasteiger partial charge is 0.337 e. The van der Waals surface area contributed by atoms with Gasteiger partial charge in [0.15, 0.2) is 5.16 Å². The van der Waals surface area contributed by atoms with Gasteiger partial charge in [-0.15, -0.1) is 0 Å². The van der Waals surface area contributed by atoms with Gasteiger partial charge in [-0.3, -0.25) is 19.1 Å². The molecular formula is C22H24N4O2S. The molecule has 2 atom stereocenters. The molecule has 1 aliphatic rings. The molecule has 0 bridgehead atoms. The Hall–Kier alpha value is -2.67. The third-order valence-corrected chi connectivity index (χ3v) is 6.38. The maximum Gasteiger partial charge on any atom is 0.266 e. The van der Waals surface area contributed by atoms with E-state index in [9.17, 15) is 9.59 Å². The van der Waals surface area contributed by atoms with Gasteiger partial charge < -0.3 is 4.90 Å². The predicted molar refractivity (Wildman–Crippen MR) is 115 cm³/mol. The van der Waals surface area contributed by atoms with Gasteiger partial charge in [0.05, 0.1) is 28.5 Å². The van der Waals surface area contributed by atoms with Crippen molar-refractivity contribution in [2.45, 2.75) is 50.4 Å². The van der Waals surface area contributed by atoms with Gasteiger partial charge in [-0.25, -0.2) is 4.98 Å². The van der Waals surface area contributed by atoms with E-state index in [2.05, 4.69) is 18.8 Å². The molecule has 4 rings (SSSR count). The van der Waals surface area contributed by atoms with Gasteiger partial charge in [-0.1, -0.05) is 23.9 Å². The number of nitrogens with zero attached hydrogens (tertiary/aromatic N) is 4. The van der Waals surface area contributed by atoms with Gasteiger partial charge >= 0.3 is 0 Å². The lowest BCUT2D eigenvalue weighted by Gasteiger charge is -2.39. The van der Waals surface area contributed by atoms with Crippen molar-refractivity contribution in [3.63, 3.8) is 0 Å². The Morgan fingerprint density at radius 2 is 1.90 bits per heavy atom. The number of fused-ring (bicyclic) bond motifs is 1. The highest BCUT2D eigenvalue weighted by molar-refractivity contribution is 7.99. The lowest BCUT2D eigenvalue weighted by Crippen LogP contribution is -2.48. The molecule has 1 aromatic carbocycles. The fraction of sp³-hybridized carbons (Fsp3) is 0.364. The molecule has 0 N–H and O–H groups in total. The third-order valence-electron chi connectivity index (χ3n) is 5.46. The average Bonchev–Trinajstić information content (AvgIpc) is 2.73. The number of hydrogen-bond acceptors (Lipinski definition) is 5. The topological polar surface area (TPSA) is 68.1 Å². The quantitative estimate of drug-likeness (QED) is 0.487. The summed E-state index contributed by atoms with van der Waals surface area (Å²) in [5.74, 6) is 0.342. The maximum atomic E-state index is 13.2. The highest BCUT2D eigenvalue weighted by atomic mass is 32.2. The monoisotopic (exact) mass is 408 g/mol. The Morgan fingerprint density at radius 1 is 1.14 bits per heavy atom. The second-order valence-electron chi connectivity index (χ2n) is 7.48. The van der Waals surface area contributed by atoms with E-state index in [1.165, 1.54) is 11.8 Å². The van der Waals surface area contributed by atoms with Crippen molar-refractivity contribution in [1.82, 2.24) is 19.4 Å². The third kappa shape index (κ3) is 3.92. The summed E-state index contributed by atoms with van der Waals surface area (Å²) in [6.07, 6.45) is 6.54. The van der Waals surface area contributed by atoms with Crippen molar-refractivity contribution in [2.75, 3.05) is 5.75 Å². The summed E-state index contributed by atoms with van der Waals surface area (Å²) in [7, 11) is 0. The van der Waals surface area contributed by atoms with Gasteiger partial charge in [0.25, 0.3) is 5.56 Å². The van der Waals surface area contributed by atoms with Crippen molar-refractivity contribution in [3.8, 4) is 5.69 Å². The molecule has 2 unspecified atom stereocenters. The Bertz CT molecular complexity index is 1070. The van der Waals surface area contributed by atoms with Crippen LogP contribution in [0.5, 0.6) is 0 Å². The molecule has 0 spiro atoms. The second-order valence-corrected chi connectivity index (χ2v) is 8.42. The van der Waals surface area contributed by atoms with Crippen LogP contribution in [-0.4, -0.2) is 43.2 Å². The van der Waals surface area contributed by atoms with E-state index in [0.29, 0.717) is 21.7 Å². The van der Waals surface area contributed by atoms with Crippen LogP contribution in [-0.2, 0) is 4.79 Å². The van der Waals surface area contributed by atoms with E-state index in [-0.39, 0.29) is 29.3 Å². The van der Waals surface area contributed by atoms with Crippen molar-refractivity contribution < 1.29 is 4.79 Å². The van der Waals surface area contributed by atoms with Crippen LogP contribution in [0.2, 0.25) is 0 Å². The fourth-order valence-electron chi connectivity index (χ4n) is 4.04. The van der Waals surface area contributed by atoms with Gasteiger partial charge in [-0.05, 0) is 57.4 Å². The second kappa shape index (κ2) is 8.37. The number of carbonyl (C=O) groups is 1. The van der Waals surface area contributed by atoms with Crippen LogP contribution in [0, 0.1) is 0 Å². The summed E-state index contributed by atoms with van der Waals surface area (Å²) in [5.41, 5.74) is 1.12. The number of aromatic nitrogens is 3. The number of likely N-dealkylation sites (tertiary alicyclic amines) is 1. The van der Waals surface area contributed by atoms with Crippen LogP contribution in [0.4, 0.5) is 0 Å². The number of rotatable bonds is 4. The number of hydrogen-bond donors (Lipinski definition) is 0. The number of piperidine rings is 1. The SMILES string of the molecule is CC1CCCC(C)N1C(=O)CSc1nc2ccccc2c(=O)n1-c1cccnc1. The molecule has 0 radical (unpaired) electrons. The number of para-hydroxylation sites is 1. The van der Waals surface area contributed by atoms with Crippen molar-refractivity contribution in [2.24, 2.45) is 0 Å². The van der Waals surface area contributed by atoms with Crippen LogP contribution in [0.25, 0.3) is 16.6 Å². The summed E-state index contributed by atoms with van der Waals surface area (Å²) < 4.78 is 1.55. The molecule has 150 valence electrons. The minimum atomic E-state index is -0.154. The van der Waals surface area contributed by atoms with E-state index in [1.54, 1.807) is 29.1 Å². The van der Waals surface area contributed by atoms with E-state index in [1.807, 2.05) is 29.2 Å². The van der Waals surface area contributed by atoms with Gasteiger partial charge in [0, 0.05) is 18.3 Å². The first-order valence-corrected chi connectivity index (χ1v) is 10.9. The molecule has 1 saturated heterocycles. The van der Waals surface area contributed by atoms with Gasteiger partial charge in [-0.2, -0.15) is 0 Å². The molecule has 6 nitrogen and oxygen atoms in total. The lowest BCUT2D eigenvalue weighted by molar-refractivity contribution is -0.134. The van der Waals surface area contributed by atoms with E-state index in [0.717, 1.165) is 19.3 Å². The summed E-state index contributed by atoms with van der Waals surface area (Å²) in [6.45, 7) is 4.22. The molecule has 3 aromatic rings. The Balaban J connectivity index is 1.69. The van der Waals surface area contributed by atoms with Crippen LogP contribution >= 0.6 is 11.8 Å². The highest BCUT2D eigenvalue weighted by Gasteiger charge is 2.29. The fourth-order valence-corrected chi connectivity index (χ4v) is 4.92. The Morgan fingerprint density at radius 3 is 2.62 bits per heavy atom. The molecular weight excluding hydrogens is 384 g/mol. The van der Waals surface area contributed by atoms with Crippen LogP contribution in [0.3, 0.4) is 0 Å². The number of benzene rings is 1. The number of carbonyl (C=O) groups excluding carboxylic acids is 1. The zero-order valence-electron chi connectivity index (χ0n) is 16.6. The summed E-state index contributed by atoms with van der Waals surface area (Å²) in [5, 5.41) is 1.05. The maximum absolute atomic E-state index is 13.2. The van der Waals surface area contributed by atoms with Gasteiger partial charge in [0.2, 0.25) is 5.91 Å². The first kappa shape index (κ1) is 19.6. The van der Waals surface area contributed by atoms with E-state index in [4.69, 9.17) is 4.98 Å². The van der Waals surface area contributed by atoms with Crippen LogP contribution in [0.15, 0.2) is 58.7 Å². The zero-order valence-corrected chi connectivity index (χ0v) is 17.4. The van der Waals surface area contributed by atoms with E-state index < -0.39 is 0 Å². The van der Waals surface area contributed by atoms with Gasteiger partial charge in [0.1, 0.15) is 0 Å². The molecule has 1 fully saturated rings. The normalized spacial score (nSPS) is 19.4. The number of thioether (sulfide) groups is 1. The molecule has 1 aliphatic heterocycles. The zero-order chi connectivity index (χ0) is 20.4. The van der Waals surface area contributed by atoms with E-state index >= 15 is 0 Å². The lowest BCUT2D eigenvalue weighted by atomic mass is 9.98. The molecule has 3 heterocycles. The van der Waals surface area contributed by atoms with Crippen molar-refractivity contribution in [3.05, 3.63) is 59.1 Å². The summed E-state index contributed by atoms with van der Waals surface area (Å²) in [6, 6.07) is 11.4. The Labute approximate surface area is 174 Å². The number of pyridine rings is 1. The molecule has 29 heavy (non-hydrogen) atoms. The standard InChI is InChI=1S/C22H24N4O2S/c1-15-7-5-8-16(2)25(15)20(27)14-29-22-24-19-11-4-3-10-18(19)21(28)26(22)17-9-6-12-23-13-17/h3-4,6,9-13,15-16H,5,7-8,14H2,1-2H3. The smallest absolute Gasteiger partial charge is 0.266 e. The minimum Gasteiger partial charge on any atom is -0.337 e. The molecule has 0 saturated carbocycles. The minimum absolute atomic E-state index is 0.0924. The van der Waals surface area contributed by atoms with Crippen LogP contribution < -0.4 is 5.56 Å². The van der Waals surface area contributed by atoms with Crippen LogP contribution in [0.1, 0.15) is 33.1 Å². The highest BCUT2D eigenvalue weighted by Crippen LogP contribution is 2.26. The summed E-state index contributed by atoms with van der Waals surface area (Å²) in [4.78, 5) is 37.0.